The molecule has 0 aliphatic rings. The molecule has 1 radical (unpaired) electrons. The Hall–Kier alpha value is -2.02. The van der Waals surface area contributed by atoms with Gasteiger partial charge in [-0.25, -0.2) is 0 Å². The van der Waals surface area contributed by atoms with E-state index in [-0.39, 0.29) is 11.7 Å². The quantitative estimate of drug-likeness (QED) is 0.677. The lowest BCUT2D eigenvalue weighted by atomic mass is 9.91. The smallest absolute Gasteiger partial charge is 0.182 e. The molecule has 0 spiro atoms. The van der Waals surface area contributed by atoms with Crippen LogP contribution in [0.5, 0.6) is 5.75 Å². The van der Waals surface area contributed by atoms with Crippen LogP contribution in [0.1, 0.15) is 17.0 Å². The number of rotatable bonds is 3. The van der Waals surface area contributed by atoms with Crippen molar-refractivity contribution in [3.05, 3.63) is 78.4 Å². The van der Waals surface area contributed by atoms with Crippen LogP contribution < -0.4 is 0 Å². The standard InChI is InChI=1S/C15H13O/c1-2-13(12-8-4-3-5-9-12)14-10-6-7-11-15(14)16/h2-11,13H,1H2. The van der Waals surface area contributed by atoms with E-state index in [0.717, 1.165) is 11.1 Å². The fourth-order valence-corrected chi connectivity index (χ4v) is 1.84. The van der Waals surface area contributed by atoms with Crippen molar-refractivity contribution in [1.29, 1.82) is 0 Å². The zero-order chi connectivity index (χ0) is 11.4. The van der Waals surface area contributed by atoms with E-state index in [1.165, 1.54) is 0 Å². The first-order valence-electron chi connectivity index (χ1n) is 5.26. The van der Waals surface area contributed by atoms with Gasteiger partial charge in [0.1, 0.15) is 0 Å². The highest BCUT2D eigenvalue weighted by molar-refractivity contribution is 5.43. The molecule has 0 aliphatic carbocycles. The normalized spacial score (nSPS) is 12.0. The Morgan fingerprint density at radius 2 is 1.56 bits per heavy atom. The molecule has 1 nitrogen and oxygen atoms in total. The Morgan fingerprint density at radius 3 is 2.19 bits per heavy atom. The summed E-state index contributed by atoms with van der Waals surface area (Å²) in [7, 11) is 0. The SMILES string of the molecule is C=CC(c1ccccc1)c1ccccc1[O]. The van der Waals surface area contributed by atoms with Crippen LogP contribution in [0.15, 0.2) is 67.3 Å². The zero-order valence-corrected chi connectivity index (χ0v) is 8.97. The Kier molecular flexibility index (Phi) is 3.06. The minimum absolute atomic E-state index is 0.0186. The average Bonchev–Trinajstić information content (AvgIpc) is 2.34. The number of allylic oxidation sites excluding steroid dienone is 1. The molecule has 0 amide bonds. The highest BCUT2D eigenvalue weighted by Crippen LogP contribution is 2.31. The summed E-state index contributed by atoms with van der Waals surface area (Å²) in [5, 5.41) is 11.7. The fourth-order valence-electron chi connectivity index (χ4n) is 1.84. The third-order valence-electron chi connectivity index (χ3n) is 2.65. The summed E-state index contributed by atoms with van der Waals surface area (Å²) in [6.07, 6.45) is 1.81. The van der Waals surface area contributed by atoms with Gasteiger partial charge in [0.2, 0.25) is 0 Å². The third-order valence-corrected chi connectivity index (χ3v) is 2.65. The molecule has 2 aromatic rings. The highest BCUT2D eigenvalue weighted by Gasteiger charge is 2.14. The molecule has 16 heavy (non-hydrogen) atoms. The van der Waals surface area contributed by atoms with E-state index in [0.29, 0.717) is 0 Å². The predicted octanol–water partition coefficient (Wildman–Crippen LogP) is 4.15. The predicted molar refractivity (Wildman–Crippen MR) is 65.1 cm³/mol. The van der Waals surface area contributed by atoms with Crippen LogP contribution in [0, 0.1) is 0 Å². The number of para-hydroxylation sites is 1. The summed E-state index contributed by atoms with van der Waals surface area (Å²) in [5.74, 6) is 0.0474. The van der Waals surface area contributed by atoms with Crippen molar-refractivity contribution in [2.75, 3.05) is 0 Å². The molecule has 0 saturated carbocycles. The van der Waals surface area contributed by atoms with Gasteiger partial charge in [0.05, 0.1) is 0 Å². The minimum Gasteiger partial charge on any atom is -0.290 e. The monoisotopic (exact) mass is 209 g/mol. The average molecular weight is 209 g/mol. The van der Waals surface area contributed by atoms with Gasteiger partial charge < -0.3 is 0 Å². The van der Waals surface area contributed by atoms with E-state index in [4.69, 9.17) is 0 Å². The molecular weight excluding hydrogens is 196 g/mol. The molecular formula is C15H13O. The maximum absolute atomic E-state index is 11.7. The summed E-state index contributed by atoms with van der Waals surface area (Å²) < 4.78 is 0. The van der Waals surface area contributed by atoms with Crippen molar-refractivity contribution in [3.8, 4) is 5.75 Å². The molecule has 0 aliphatic heterocycles. The van der Waals surface area contributed by atoms with Crippen LogP contribution in [0.4, 0.5) is 0 Å². The van der Waals surface area contributed by atoms with Crippen LogP contribution in [0.25, 0.3) is 0 Å². The highest BCUT2D eigenvalue weighted by atomic mass is 16.3. The lowest BCUT2D eigenvalue weighted by Crippen LogP contribution is -1.96. The summed E-state index contributed by atoms with van der Waals surface area (Å²) in [6, 6.07) is 17.0. The molecule has 1 unspecified atom stereocenters. The van der Waals surface area contributed by atoms with Gasteiger partial charge in [-0.3, -0.25) is 5.11 Å². The van der Waals surface area contributed by atoms with Gasteiger partial charge in [-0.2, -0.15) is 0 Å². The second kappa shape index (κ2) is 4.67. The Labute approximate surface area is 95.7 Å². The maximum atomic E-state index is 11.7. The van der Waals surface area contributed by atoms with Gasteiger partial charge in [-0.15, -0.1) is 6.58 Å². The molecule has 0 bridgehead atoms. The Balaban J connectivity index is 2.45. The minimum atomic E-state index is -0.0186. The molecule has 79 valence electrons. The van der Waals surface area contributed by atoms with Gasteiger partial charge >= 0.3 is 0 Å². The van der Waals surface area contributed by atoms with Crippen molar-refractivity contribution in [2.24, 2.45) is 0 Å². The lowest BCUT2D eigenvalue weighted by molar-refractivity contribution is 0.349. The second-order valence-corrected chi connectivity index (χ2v) is 3.66. The molecule has 2 aromatic carbocycles. The zero-order valence-electron chi connectivity index (χ0n) is 8.97. The topological polar surface area (TPSA) is 19.9 Å². The first-order chi connectivity index (χ1) is 7.83. The largest absolute Gasteiger partial charge is 0.290 e. The molecule has 0 saturated heterocycles. The molecule has 0 heterocycles. The number of hydrogen-bond donors (Lipinski definition) is 0. The molecule has 0 fully saturated rings. The van der Waals surface area contributed by atoms with E-state index in [2.05, 4.69) is 6.58 Å². The van der Waals surface area contributed by atoms with Crippen molar-refractivity contribution in [1.82, 2.24) is 0 Å². The van der Waals surface area contributed by atoms with Crippen molar-refractivity contribution in [3.63, 3.8) is 0 Å². The van der Waals surface area contributed by atoms with Crippen molar-refractivity contribution >= 4 is 0 Å². The van der Waals surface area contributed by atoms with E-state index >= 15 is 0 Å². The van der Waals surface area contributed by atoms with E-state index in [9.17, 15) is 5.11 Å². The van der Waals surface area contributed by atoms with Crippen LogP contribution in [0.2, 0.25) is 0 Å². The van der Waals surface area contributed by atoms with Gasteiger partial charge in [0.25, 0.3) is 0 Å². The summed E-state index contributed by atoms with van der Waals surface area (Å²) >= 11 is 0. The molecule has 2 rings (SSSR count). The molecule has 1 atom stereocenters. The first-order valence-corrected chi connectivity index (χ1v) is 5.26. The van der Waals surface area contributed by atoms with Crippen LogP contribution in [-0.2, 0) is 5.11 Å². The third kappa shape index (κ3) is 1.98. The lowest BCUT2D eigenvalue weighted by Gasteiger charge is -2.13. The van der Waals surface area contributed by atoms with Crippen LogP contribution >= 0.6 is 0 Å². The fraction of sp³-hybridized carbons (Fsp3) is 0.0667. The van der Waals surface area contributed by atoms with Gasteiger partial charge in [-0.05, 0) is 11.6 Å². The Bertz CT molecular complexity index is 474. The van der Waals surface area contributed by atoms with Gasteiger partial charge in [0, 0.05) is 11.5 Å². The maximum Gasteiger partial charge on any atom is 0.182 e. The molecule has 0 N–H and O–H groups in total. The van der Waals surface area contributed by atoms with E-state index in [1.54, 1.807) is 12.1 Å². The van der Waals surface area contributed by atoms with Crippen molar-refractivity contribution < 1.29 is 5.11 Å². The van der Waals surface area contributed by atoms with Gasteiger partial charge in [-0.1, -0.05) is 54.6 Å². The summed E-state index contributed by atoms with van der Waals surface area (Å²) in [6.45, 7) is 3.82. The van der Waals surface area contributed by atoms with Crippen molar-refractivity contribution in [2.45, 2.75) is 5.92 Å². The second-order valence-electron chi connectivity index (χ2n) is 3.66. The molecule has 1 heteroatoms. The Morgan fingerprint density at radius 1 is 0.938 bits per heavy atom. The first kappa shape index (κ1) is 10.5. The van der Waals surface area contributed by atoms with Crippen LogP contribution in [-0.4, -0.2) is 0 Å². The van der Waals surface area contributed by atoms with Gasteiger partial charge in [0.15, 0.2) is 5.75 Å². The number of benzene rings is 2. The number of hydrogen-bond acceptors (Lipinski definition) is 0. The van der Waals surface area contributed by atoms with Crippen LogP contribution in [0.3, 0.4) is 0 Å². The summed E-state index contributed by atoms with van der Waals surface area (Å²) in [5.41, 5.74) is 1.88. The summed E-state index contributed by atoms with van der Waals surface area (Å²) in [4.78, 5) is 0. The van der Waals surface area contributed by atoms with E-state index in [1.807, 2.05) is 48.5 Å². The molecule has 0 aromatic heterocycles. The van der Waals surface area contributed by atoms with E-state index < -0.39 is 0 Å².